The summed E-state index contributed by atoms with van der Waals surface area (Å²) < 4.78 is 18.6. The Bertz CT molecular complexity index is 526. The lowest BCUT2D eigenvalue weighted by Gasteiger charge is -2.10. The van der Waals surface area contributed by atoms with Crippen LogP contribution in [0.25, 0.3) is 0 Å². The molecule has 2 aromatic carbocycles. The molecule has 0 aliphatic heterocycles. The normalized spacial score (nSPS) is 10.5. The van der Waals surface area contributed by atoms with Gasteiger partial charge in [-0.2, -0.15) is 0 Å². The first-order chi connectivity index (χ1) is 9.79. The fraction of sp³-hybridized carbons (Fsp3) is 0.294. The van der Waals surface area contributed by atoms with Crippen LogP contribution in [0.5, 0.6) is 5.75 Å². The maximum Gasteiger partial charge on any atom is 0.125 e. The molecule has 1 N–H and O–H groups in total. The number of unbranched alkanes of at least 4 members (excludes halogenated alkanes) is 1. The van der Waals surface area contributed by atoms with Gasteiger partial charge in [-0.05, 0) is 43.0 Å². The first-order valence-corrected chi connectivity index (χ1v) is 6.85. The summed E-state index contributed by atoms with van der Waals surface area (Å²) in [6.07, 6.45) is 3.00. The standard InChI is InChI=1S/C17H19FO2/c18-16-9-10-17(15(12-16)13-19)20-11-5-4-8-14-6-2-1-3-7-14/h1-3,6-7,9-10,12,19H,4-5,8,11,13H2. The van der Waals surface area contributed by atoms with Crippen LogP contribution in [0.3, 0.4) is 0 Å². The average Bonchev–Trinajstić information content (AvgIpc) is 2.49. The van der Waals surface area contributed by atoms with Gasteiger partial charge in [-0.1, -0.05) is 30.3 Å². The van der Waals surface area contributed by atoms with Crippen LogP contribution in [-0.2, 0) is 13.0 Å². The predicted octanol–water partition coefficient (Wildman–Crippen LogP) is 3.72. The van der Waals surface area contributed by atoms with Crippen LogP contribution in [0.1, 0.15) is 24.0 Å². The number of aryl methyl sites for hydroxylation is 1. The van der Waals surface area contributed by atoms with Crippen molar-refractivity contribution in [2.45, 2.75) is 25.9 Å². The molecule has 0 unspecified atom stereocenters. The maximum absolute atomic E-state index is 13.0. The molecule has 0 atom stereocenters. The SMILES string of the molecule is OCc1cc(F)ccc1OCCCCc1ccccc1. The molecule has 0 aliphatic carbocycles. The first-order valence-electron chi connectivity index (χ1n) is 6.85. The summed E-state index contributed by atoms with van der Waals surface area (Å²) in [6, 6.07) is 14.5. The van der Waals surface area contributed by atoms with Gasteiger partial charge in [-0.3, -0.25) is 0 Å². The van der Waals surface area contributed by atoms with E-state index in [1.165, 1.54) is 17.7 Å². The lowest BCUT2D eigenvalue weighted by atomic mass is 10.1. The Morgan fingerprint density at radius 1 is 1.00 bits per heavy atom. The summed E-state index contributed by atoms with van der Waals surface area (Å²) >= 11 is 0. The van der Waals surface area contributed by atoms with Crippen LogP contribution in [0.4, 0.5) is 4.39 Å². The lowest BCUT2D eigenvalue weighted by Crippen LogP contribution is -2.01. The second kappa shape index (κ2) is 7.65. The Morgan fingerprint density at radius 2 is 1.80 bits per heavy atom. The predicted molar refractivity (Wildman–Crippen MR) is 77.2 cm³/mol. The van der Waals surface area contributed by atoms with Crippen LogP contribution >= 0.6 is 0 Å². The van der Waals surface area contributed by atoms with E-state index < -0.39 is 0 Å². The van der Waals surface area contributed by atoms with Gasteiger partial charge in [0.05, 0.1) is 13.2 Å². The van der Waals surface area contributed by atoms with E-state index in [-0.39, 0.29) is 12.4 Å². The molecule has 106 valence electrons. The lowest BCUT2D eigenvalue weighted by molar-refractivity contribution is 0.259. The number of hydrogen-bond donors (Lipinski definition) is 1. The fourth-order valence-corrected chi connectivity index (χ4v) is 2.07. The minimum atomic E-state index is -0.356. The zero-order chi connectivity index (χ0) is 14.2. The minimum absolute atomic E-state index is 0.211. The van der Waals surface area contributed by atoms with E-state index in [4.69, 9.17) is 9.84 Å². The number of aliphatic hydroxyl groups excluding tert-OH is 1. The van der Waals surface area contributed by atoms with Gasteiger partial charge in [0.1, 0.15) is 11.6 Å². The third-order valence-corrected chi connectivity index (χ3v) is 3.15. The zero-order valence-corrected chi connectivity index (χ0v) is 11.4. The fourth-order valence-electron chi connectivity index (χ4n) is 2.07. The molecular weight excluding hydrogens is 255 g/mol. The van der Waals surface area contributed by atoms with Crippen LogP contribution in [0, 0.1) is 5.82 Å². The second-order valence-electron chi connectivity index (χ2n) is 4.70. The van der Waals surface area contributed by atoms with E-state index in [9.17, 15) is 4.39 Å². The molecular formula is C17H19FO2. The molecule has 3 heteroatoms. The Balaban J connectivity index is 1.73. The highest BCUT2D eigenvalue weighted by molar-refractivity contribution is 5.33. The van der Waals surface area contributed by atoms with Gasteiger partial charge in [0.2, 0.25) is 0 Å². The van der Waals surface area contributed by atoms with E-state index >= 15 is 0 Å². The number of ether oxygens (including phenoxy) is 1. The van der Waals surface area contributed by atoms with Crippen molar-refractivity contribution in [1.29, 1.82) is 0 Å². The monoisotopic (exact) mass is 274 g/mol. The summed E-state index contributed by atoms with van der Waals surface area (Å²) in [6.45, 7) is 0.364. The van der Waals surface area contributed by atoms with Gasteiger partial charge in [0.15, 0.2) is 0 Å². The molecule has 0 fully saturated rings. The Morgan fingerprint density at radius 3 is 2.55 bits per heavy atom. The van der Waals surface area contributed by atoms with Crippen molar-refractivity contribution in [3.05, 3.63) is 65.5 Å². The van der Waals surface area contributed by atoms with Crippen molar-refractivity contribution in [3.63, 3.8) is 0 Å². The van der Waals surface area contributed by atoms with E-state index in [2.05, 4.69) is 12.1 Å². The largest absolute Gasteiger partial charge is 0.493 e. The number of rotatable bonds is 7. The second-order valence-corrected chi connectivity index (χ2v) is 4.70. The van der Waals surface area contributed by atoms with Crippen LogP contribution < -0.4 is 4.74 Å². The van der Waals surface area contributed by atoms with Crippen molar-refractivity contribution in [2.75, 3.05) is 6.61 Å². The topological polar surface area (TPSA) is 29.5 Å². The molecule has 20 heavy (non-hydrogen) atoms. The Labute approximate surface area is 118 Å². The minimum Gasteiger partial charge on any atom is -0.493 e. The number of hydrogen-bond acceptors (Lipinski definition) is 2. The van der Waals surface area contributed by atoms with Gasteiger partial charge in [0.25, 0.3) is 0 Å². The summed E-state index contributed by atoms with van der Waals surface area (Å²) in [5.41, 5.74) is 1.82. The summed E-state index contributed by atoms with van der Waals surface area (Å²) in [5.74, 6) is 0.207. The Kier molecular flexibility index (Phi) is 5.56. The Hall–Kier alpha value is -1.87. The molecule has 0 radical (unpaired) electrons. The molecule has 0 aliphatic rings. The smallest absolute Gasteiger partial charge is 0.125 e. The van der Waals surface area contributed by atoms with Crippen molar-refractivity contribution >= 4 is 0 Å². The van der Waals surface area contributed by atoms with Crippen molar-refractivity contribution in [2.24, 2.45) is 0 Å². The molecule has 0 bridgehead atoms. The maximum atomic E-state index is 13.0. The highest BCUT2D eigenvalue weighted by Crippen LogP contribution is 2.20. The third kappa shape index (κ3) is 4.35. The van der Waals surface area contributed by atoms with E-state index in [0.29, 0.717) is 17.9 Å². The van der Waals surface area contributed by atoms with Crippen molar-refractivity contribution in [1.82, 2.24) is 0 Å². The number of benzene rings is 2. The molecule has 0 amide bonds. The number of aliphatic hydroxyl groups is 1. The molecule has 0 spiro atoms. The molecule has 0 saturated carbocycles. The molecule has 2 aromatic rings. The number of halogens is 1. The molecule has 0 heterocycles. The molecule has 2 nitrogen and oxygen atoms in total. The van der Waals surface area contributed by atoms with Gasteiger partial charge in [-0.25, -0.2) is 4.39 Å². The summed E-state index contributed by atoms with van der Waals surface area (Å²) in [7, 11) is 0. The molecule has 0 aromatic heterocycles. The highest BCUT2D eigenvalue weighted by Gasteiger charge is 2.04. The molecule has 2 rings (SSSR count). The molecule has 0 saturated heterocycles. The quantitative estimate of drug-likeness (QED) is 0.780. The van der Waals surface area contributed by atoms with E-state index in [1.54, 1.807) is 6.07 Å². The van der Waals surface area contributed by atoms with Crippen molar-refractivity contribution in [3.8, 4) is 5.75 Å². The van der Waals surface area contributed by atoms with Crippen LogP contribution in [0.15, 0.2) is 48.5 Å². The van der Waals surface area contributed by atoms with Gasteiger partial charge in [0, 0.05) is 5.56 Å². The summed E-state index contributed by atoms with van der Waals surface area (Å²) in [4.78, 5) is 0. The average molecular weight is 274 g/mol. The van der Waals surface area contributed by atoms with Crippen molar-refractivity contribution < 1.29 is 14.2 Å². The highest BCUT2D eigenvalue weighted by atomic mass is 19.1. The van der Waals surface area contributed by atoms with E-state index in [0.717, 1.165) is 19.3 Å². The zero-order valence-electron chi connectivity index (χ0n) is 11.4. The van der Waals surface area contributed by atoms with Gasteiger partial charge in [-0.15, -0.1) is 0 Å². The van der Waals surface area contributed by atoms with E-state index in [1.807, 2.05) is 18.2 Å². The summed E-state index contributed by atoms with van der Waals surface area (Å²) in [5, 5.41) is 9.15. The van der Waals surface area contributed by atoms with Crippen LogP contribution in [0.2, 0.25) is 0 Å². The van der Waals surface area contributed by atoms with Gasteiger partial charge < -0.3 is 9.84 Å². The first kappa shape index (κ1) is 14.5. The van der Waals surface area contributed by atoms with Gasteiger partial charge >= 0.3 is 0 Å². The third-order valence-electron chi connectivity index (χ3n) is 3.15. The van der Waals surface area contributed by atoms with Crippen LogP contribution in [-0.4, -0.2) is 11.7 Å².